The van der Waals surface area contributed by atoms with Crippen molar-refractivity contribution in [1.29, 1.82) is 0 Å². The molecule has 0 radical (unpaired) electrons. The van der Waals surface area contributed by atoms with Gasteiger partial charge in [-0.1, -0.05) is 18.2 Å². The molecule has 0 aliphatic carbocycles. The third-order valence-electron chi connectivity index (χ3n) is 4.73. The molecule has 0 spiro atoms. The normalized spacial score (nSPS) is 11.3. The lowest BCUT2D eigenvalue weighted by Gasteiger charge is -2.12. The lowest BCUT2D eigenvalue weighted by molar-refractivity contribution is -0.115. The van der Waals surface area contributed by atoms with Gasteiger partial charge in [-0.3, -0.25) is 9.52 Å². The Morgan fingerprint density at radius 1 is 1.06 bits per heavy atom. The first-order valence-corrected chi connectivity index (χ1v) is 13.1. The minimum atomic E-state index is -3.80. The molecule has 2 heterocycles. The van der Waals surface area contributed by atoms with E-state index >= 15 is 0 Å². The van der Waals surface area contributed by atoms with Crippen molar-refractivity contribution < 1.29 is 13.2 Å². The SMILES string of the molecule is Cc1cccc(NS(=O)(=O)c2ccc(C)c(NC(=O)Cc3csc(-c4ccsc4)n3)c2)c1. The van der Waals surface area contributed by atoms with Crippen molar-refractivity contribution in [2.24, 2.45) is 0 Å². The number of carbonyl (C=O) groups is 1. The summed E-state index contributed by atoms with van der Waals surface area (Å²) in [4.78, 5) is 17.2. The van der Waals surface area contributed by atoms with Gasteiger partial charge in [-0.15, -0.1) is 11.3 Å². The lowest BCUT2D eigenvalue weighted by Crippen LogP contribution is -2.17. The van der Waals surface area contributed by atoms with Crippen LogP contribution in [0.2, 0.25) is 0 Å². The number of rotatable bonds is 7. The van der Waals surface area contributed by atoms with Gasteiger partial charge in [0.05, 0.1) is 17.0 Å². The van der Waals surface area contributed by atoms with Crippen LogP contribution < -0.4 is 10.0 Å². The molecule has 4 aromatic rings. The highest BCUT2D eigenvalue weighted by Gasteiger charge is 2.17. The Labute approximate surface area is 195 Å². The monoisotopic (exact) mass is 483 g/mol. The fourth-order valence-corrected chi connectivity index (χ4v) is 5.70. The Kier molecular flexibility index (Phi) is 6.40. The molecule has 0 aliphatic rings. The molecule has 32 heavy (non-hydrogen) atoms. The standard InChI is InChI=1S/C23H21N3O3S3/c1-15-4-3-5-18(10-15)26-32(28,29)20-7-6-16(2)21(12-20)25-22(27)11-19-14-31-23(24-19)17-8-9-30-13-17/h3-10,12-14,26H,11H2,1-2H3,(H,25,27). The number of carbonyl (C=O) groups excluding carboxylic acids is 1. The topological polar surface area (TPSA) is 88.2 Å². The Balaban J connectivity index is 1.48. The van der Waals surface area contributed by atoms with Gasteiger partial charge >= 0.3 is 0 Å². The van der Waals surface area contributed by atoms with E-state index < -0.39 is 10.0 Å². The van der Waals surface area contributed by atoms with Crippen LogP contribution in [-0.4, -0.2) is 19.3 Å². The number of nitrogens with one attached hydrogen (secondary N) is 2. The average Bonchev–Trinajstić information content (AvgIpc) is 3.41. The van der Waals surface area contributed by atoms with Crippen molar-refractivity contribution in [3.8, 4) is 10.6 Å². The molecule has 0 saturated carbocycles. The number of thiophene rings is 1. The zero-order valence-corrected chi connectivity index (χ0v) is 19.9. The molecule has 6 nitrogen and oxygen atoms in total. The molecule has 9 heteroatoms. The molecule has 2 aromatic heterocycles. The second kappa shape index (κ2) is 9.23. The van der Waals surface area contributed by atoms with Crippen molar-refractivity contribution >= 4 is 50.0 Å². The van der Waals surface area contributed by atoms with E-state index in [1.807, 2.05) is 42.1 Å². The molecule has 164 valence electrons. The predicted octanol–water partition coefficient (Wildman–Crippen LogP) is 5.47. The summed E-state index contributed by atoms with van der Waals surface area (Å²) in [7, 11) is -3.80. The number of aromatic nitrogens is 1. The minimum Gasteiger partial charge on any atom is -0.325 e. The third-order valence-corrected chi connectivity index (χ3v) is 7.73. The second-order valence-electron chi connectivity index (χ2n) is 7.33. The number of aryl methyl sites for hydroxylation is 2. The van der Waals surface area contributed by atoms with E-state index in [1.54, 1.807) is 35.6 Å². The number of thiazole rings is 1. The van der Waals surface area contributed by atoms with Crippen LogP contribution in [0.4, 0.5) is 11.4 Å². The molecule has 0 unspecified atom stereocenters. The first-order valence-electron chi connectivity index (χ1n) is 9.77. The summed E-state index contributed by atoms with van der Waals surface area (Å²) < 4.78 is 28.3. The number of sulfonamides is 1. The summed E-state index contributed by atoms with van der Waals surface area (Å²) >= 11 is 3.09. The summed E-state index contributed by atoms with van der Waals surface area (Å²) in [5, 5.41) is 9.57. The van der Waals surface area contributed by atoms with Crippen molar-refractivity contribution in [3.63, 3.8) is 0 Å². The van der Waals surface area contributed by atoms with Crippen molar-refractivity contribution in [1.82, 2.24) is 4.98 Å². The molecule has 2 aromatic carbocycles. The van der Waals surface area contributed by atoms with E-state index in [1.165, 1.54) is 23.5 Å². The molecule has 0 aliphatic heterocycles. The van der Waals surface area contributed by atoms with Crippen molar-refractivity contribution in [2.45, 2.75) is 25.2 Å². The summed E-state index contributed by atoms with van der Waals surface area (Å²) in [5.74, 6) is -0.253. The first-order chi connectivity index (χ1) is 15.3. The lowest BCUT2D eigenvalue weighted by atomic mass is 10.2. The van der Waals surface area contributed by atoms with E-state index in [0.29, 0.717) is 17.1 Å². The zero-order chi connectivity index (χ0) is 22.7. The summed E-state index contributed by atoms with van der Waals surface area (Å²) in [6.07, 6.45) is 0.110. The highest BCUT2D eigenvalue weighted by Crippen LogP contribution is 2.26. The number of nitrogens with zero attached hydrogens (tertiary/aromatic N) is 1. The quantitative estimate of drug-likeness (QED) is 0.365. The summed E-state index contributed by atoms with van der Waals surface area (Å²) in [5.41, 5.74) is 4.38. The molecule has 0 atom stereocenters. The van der Waals surface area contributed by atoms with E-state index in [0.717, 1.165) is 21.7 Å². The molecule has 2 N–H and O–H groups in total. The van der Waals surface area contributed by atoms with Crippen LogP contribution in [0.3, 0.4) is 0 Å². The number of anilines is 2. The van der Waals surface area contributed by atoms with E-state index in [-0.39, 0.29) is 17.2 Å². The molecule has 0 saturated heterocycles. The highest BCUT2D eigenvalue weighted by atomic mass is 32.2. The highest BCUT2D eigenvalue weighted by molar-refractivity contribution is 7.92. The Bertz CT molecular complexity index is 1360. The number of benzene rings is 2. The minimum absolute atomic E-state index is 0.0771. The number of hydrogen-bond acceptors (Lipinski definition) is 6. The van der Waals surface area contributed by atoms with Gasteiger partial charge in [0, 0.05) is 27.7 Å². The molecular formula is C23H21N3O3S3. The maximum atomic E-state index is 12.8. The maximum Gasteiger partial charge on any atom is 0.261 e. The zero-order valence-electron chi connectivity index (χ0n) is 17.5. The van der Waals surface area contributed by atoms with Gasteiger partial charge in [-0.05, 0) is 60.7 Å². The molecule has 1 amide bonds. The summed E-state index contributed by atoms with van der Waals surface area (Å²) in [6, 6.07) is 13.8. The third kappa shape index (κ3) is 5.24. The fourth-order valence-electron chi connectivity index (χ4n) is 3.09. The van der Waals surface area contributed by atoms with Crippen LogP contribution in [0.5, 0.6) is 0 Å². The van der Waals surface area contributed by atoms with Crippen LogP contribution in [-0.2, 0) is 21.2 Å². The van der Waals surface area contributed by atoms with E-state index in [4.69, 9.17) is 0 Å². The van der Waals surface area contributed by atoms with Crippen molar-refractivity contribution in [3.05, 3.63) is 81.5 Å². The van der Waals surface area contributed by atoms with E-state index in [2.05, 4.69) is 15.0 Å². The number of hydrogen-bond donors (Lipinski definition) is 2. The van der Waals surface area contributed by atoms with E-state index in [9.17, 15) is 13.2 Å². The molecule has 0 fully saturated rings. The molecular weight excluding hydrogens is 462 g/mol. The fraction of sp³-hybridized carbons (Fsp3) is 0.130. The molecule has 0 bridgehead atoms. The second-order valence-corrected chi connectivity index (χ2v) is 10.7. The van der Waals surface area contributed by atoms with Gasteiger partial charge in [0.2, 0.25) is 5.91 Å². The van der Waals surface area contributed by atoms with Crippen LogP contribution in [0, 0.1) is 13.8 Å². The number of amides is 1. The summed E-state index contributed by atoms with van der Waals surface area (Å²) in [6.45, 7) is 3.71. The Hall–Kier alpha value is -3.01. The van der Waals surface area contributed by atoms with Crippen LogP contribution in [0.25, 0.3) is 10.6 Å². The van der Waals surface area contributed by atoms with Crippen molar-refractivity contribution in [2.75, 3.05) is 10.0 Å². The maximum absolute atomic E-state index is 12.8. The Morgan fingerprint density at radius 3 is 2.66 bits per heavy atom. The van der Waals surface area contributed by atoms with Crippen LogP contribution in [0.15, 0.2) is 69.6 Å². The van der Waals surface area contributed by atoms with Gasteiger partial charge in [0.1, 0.15) is 5.01 Å². The average molecular weight is 484 g/mol. The largest absolute Gasteiger partial charge is 0.325 e. The van der Waals surface area contributed by atoms with Gasteiger partial charge in [-0.2, -0.15) is 11.3 Å². The molecule has 4 rings (SSSR count). The predicted molar refractivity (Wildman–Crippen MR) is 131 cm³/mol. The van der Waals surface area contributed by atoms with Crippen LogP contribution in [0.1, 0.15) is 16.8 Å². The van der Waals surface area contributed by atoms with Gasteiger partial charge in [0.15, 0.2) is 0 Å². The smallest absolute Gasteiger partial charge is 0.261 e. The van der Waals surface area contributed by atoms with Crippen LogP contribution >= 0.6 is 22.7 Å². The van der Waals surface area contributed by atoms with Gasteiger partial charge < -0.3 is 5.32 Å². The first kappa shape index (κ1) is 22.2. The van der Waals surface area contributed by atoms with Gasteiger partial charge in [-0.25, -0.2) is 13.4 Å². The Morgan fingerprint density at radius 2 is 1.91 bits per heavy atom. The van der Waals surface area contributed by atoms with Gasteiger partial charge in [0.25, 0.3) is 10.0 Å².